The van der Waals surface area contributed by atoms with Crippen molar-refractivity contribution in [3.8, 4) is 5.75 Å². The summed E-state index contributed by atoms with van der Waals surface area (Å²) in [5, 5.41) is 2.90. The van der Waals surface area contributed by atoms with Gasteiger partial charge in [-0.25, -0.2) is 0 Å². The zero-order chi connectivity index (χ0) is 12.8. The maximum atomic E-state index is 12.0. The molecule has 0 bridgehead atoms. The van der Waals surface area contributed by atoms with Crippen molar-refractivity contribution in [2.45, 2.75) is 13.0 Å². The summed E-state index contributed by atoms with van der Waals surface area (Å²) in [6.07, 6.45) is 2.00. The average Bonchev–Trinajstić information content (AvgIpc) is 2.28. The molecule has 0 saturated heterocycles. The van der Waals surface area contributed by atoms with E-state index in [4.69, 9.17) is 10.5 Å². The summed E-state index contributed by atoms with van der Waals surface area (Å²) in [6, 6.07) is 5.27. The van der Waals surface area contributed by atoms with Crippen LogP contribution < -0.4 is 15.8 Å². The summed E-state index contributed by atoms with van der Waals surface area (Å²) >= 11 is 1.69. The Morgan fingerprint density at radius 3 is 2.88 bits per heavy atom. The Bertz CT molecular complexity index is 396. The van der Waals surface area contributed by atoms with Crippen LogP contribution in [0.4, 0.5) is 5.69 Å². The molecule has 0 aromatic heterocycles. The van der Waals surface area contributed by atoms with Crippen molar-refractivity contribution in [3.05, 3.63) is 23.8 Å². The first-order valence-electron chi connectivity index (χ1n) is 5.32. The first kappa shape index (κ1) is 13.7. The van der Waals surface area contributed by atoms with Gasteiger partial charge in [-0.2, -0.15) is 11.8 Å². The molecule has 3 N–H and O–H groups in total. The second-order valence-electron chi connectivity index (χ2n) is 3.76. The van der Waals surface area contributed by atoms with Crippen molar-refractivity contribution in [1.29, 1.82) is 0 Å². The van der Waals surface area contributed by atoms with Gasteiger partial charge < -0.3 is 15.8 Å². The van der Waals surface area contributed by atoms with Crippen LogP contribution in [0.3, 0.4) is 0 Å². The highest BCUT2D eigenvalue weighted by Gasteiger charge is 2.15. The Morgan fingerprint density at radius 1 is 1.59 bits per heavy atom. The van der Waals surface area contributed by atoms with Gasteiger partial charge in [0.25, 0.3) is 5.91 Å². The van der Waals surface area contributed by atoms with Gasteiger partial charge in [-0.05, 0) is 25.3 Å². The molecule has 1 aromatic rings. The SMILES string of the molecule is COc1c(N)cccc1C(=O)NC(C)CSC. The monoisotopic (exact) mass is 254 g/mol. The van der Waals surface area contributed by atoms with E-state index >= 15 is 0 Å². The minimum atomic E-state index is -0.157. The summed E-state index contributed by atoms with van der Waals surface area (Å²) < 4.78 is 5.15. The summed E-state index contributed by atoms with van der Waals surface area (Å²) in [7, 11) is 1.51. The largest absolute Gasteiger partial charge is 0.494 e. The van der Waals surface area contributed by atoms with Gasteiger partial charge in [0, 0.05) is 11.8 Å². The first-order valence-corrected chi connectivity index (χ1v) is 6.71. The number of para-hydroxylation sites is 1. The standard InChI is InChI=1S/C12H18N2O2S/c1-8(7-17-3)14-12(15)9-5-4-6-10(13)11(9)16-2/h4-6,8H,7,13H2,1-3H3,(H,14,15). The molecule has 5 heteroatoms. The number of carbonyl (C=O) groups is 1. The predicted octanol–water partition coefficient (Wildman–Crippen LogP) is 1.76. The molecule has 0 heterocycles. The molecular formula is C12H18N2O2S. The third-order valence-electron chi connectivity index (χ3n) is 2.29. The number of carbonyl (C=O) groups excluding carboxylic acids is 1. The normalized spacial score (nSPS) is 11.9. The minimum absolute atomic E-state index is 0.114. The van der Waals surface area contributed by atoms with E-state index in [0.29, 0.717) is 17.0 Å². The van der Waals surface area contributed by atoms with E-state index in [1.807, 2.05) is 13.2 Å². The molecule has 0 fully saturated rings. The molecule has 0 saturated carbocycles. The average molecular weight is 254 g/mol. The second kappa shape index (κ2) is 6.39. The third kappa shape index (κ3) is 3.56. The summed E-state index contributed by atoms with van der Waals surface area (Å²) in [5.74, 6) is 1.15. The fourth-order valence-corrected chi connectivity index (χ4v) is 2.14. The Balaban J connectivity index is 2.85. The topological polar surface area (TPSA) is 64.3 Å². The Kier molecular flexibility index (Phi) is 5.15. The van der Waals surface area contributed by atoms with Crippen LogP contribution in [0.2, 0.25) is 0 Å². The van der Waals surface area contributed by atoms with Gasteiger partial charge in [0.2, 0.25) is 0 Å². The number of hydrogen-bond acceptors (Lipinski definition) is 4. The molecule has 0 radical (unpaired) electrons. The van der Waals surface area contributed by atoms with Crippen molar-refractivity contribution >= 4 is 23.4 Å². The molecule has 1 atom stereocenters. The van der Waals surface area contributed by atoms with Crippen molar-refractivity contribution < 1.29 is 9.53 Å². The lowest BCUT2D eigenvalue weighted by atomic mass is 10.1. The molecule has 17 heavy (non-hydrogen) atoms. The van der Waals surface area contributed by atoms with E-state index in [2.05, 4.69) is 5.32 Å². The Morgan fingerprint density at radius 2 is 2.29 bits per heavy atom. The third-order valence-corrected chi connectivity index (χ3v) is 3.12. The number of nitrogens with one attached hydrogen (secondary N) is 1. The number of anilines is 1. The van der Waals surface area contributed by atoms with Gasteiger partial charge in [-0.15, -0.1) is 0 Å². The number of hydrogen-bond donors (Lipinski definition) is 2. The van der Waals surface area contributed by atoms with Gasteiger partial charge in [0.15, 0.2) is 5.75 Å². The quantitative estimate of drug-likeness (QED) is 0.786. The van der Waals surface area contributed by atoms with Gasteiger partial charge in [0.05, 0.1) is 18.4 Å². The summed E-state index contributed by atoms with van der Waals surface area (Å²) in [5.41, 5.74) is 6.69. The van der Waals surface area contributed by atoms with Crippen molar-refractivity contribution in [1.82, 2.24) is 5.32 Å². The zero-order valence-electron chi connectivity index (χ0n) is 10.3. The van der Waals surface area contributed by atoms with E-state index in [1.165, 1.54) is 7.11 Å². The van der Waals surface area contributed by atoms with Crippen LogP contribution in [-0.2, 0) is 0 Å². The summed E-state index contributed by atoms with van der Waals surface area (Å²) in [4.78, 5) is 12.0. The molecule has 4 nitrogen and oxygen atoms in total. The van der Waals surface area contributed by atoms with E-state index in [1.54, 1.807) is 30.0 Å². The molecular weight excluding hydrogens is 236 g/mol. The Hall–Kier alpha value is -1.36. The molecule has 94 valence electrons. The smallest absolute Gasteiger partial charge is 0.255 e. The molecule has 0 aliphatic heterocycles. The fraction of sp³-hybridized carbons (Fsp3) is 0.417. The number of nitrogen functional groups attached to an aromatic ring is 1. The predicted molar refractivity (Wildman–Crippen MR) is 72.7 cm³/mol. The van der Waals surface area contributed by atoms with Gasteiger partial charge in [-0.1, -0.05) is 6.07 Å². The number of benzene rings is 1. The highest BCUT2D eigenvalue weighted by Crippen LogP contribution is 2.25. The molecule has 0 aliphatic rings. The molecule has 1 rings (SSSR count). The lowest BCUT2D eigenvalue weighted by Gasteiger charge is -2.15. The molecule has 0 aliphatic carbocycles. The van der Waals surface area contributed by atoms with Crippen LogP contribution >= 0.6 is 11.8 Å². The molecule has 1 aromatic carbocycles. The lowest BCUT2D eigenvalue weighted by molar-refractivity contribution is 0.0941. The number of methoxy groups -OCH3 is 1. The molecule has 1 amide bonds. The lowest BCUT2D eigenvalue weighted by Crippen LogP contribution is -2.34. The van der Waals surface area contributed by atoms with Crippen LogP contribution in [0.15, 0.2) is 18.2 Å². The fourth-order valence-electron chi connectivity index (χ4n) is 1.55. The Labute approximate surface area is 106 Å². The molecule has 0 spiro atoms. The van der Waals surface area contributed by atoms with Gasteiger partial charge in [0.1, 0.15) is 0 Å². The maximum absolute atomic E-state index is 12.0. The number of thioether (sulfide) groups is 1. The van der Waals surface area contributed by atoms with Gasteiger partial charge in [-0.3, -0.25) is 4.79 Å². The minimum Gasteiger partial charge on any atom is -0.494 e. The highest BCUT2D eigenvalue weighted by molar-refractivity contribution is 7.98. The highest BCUT2D eigenvalue weighted by atomic mass is 32.2. The first-order chi connectivity index (χ1) is 8.10. The van der Waals surface area contributed by atoms with E-state index in [0.717, 1.165) is 5.75 Å². The van der Waals surface area contributed by atoms with Crippen LogP contribution in [-0.4, -0.2) is 31.1 Å². The number of nitrogens with two attached hydrogens (primary N) is 1. The number of rotatable bonds is 5. The van der Waals surface area contributed by atoms with Crippen LogP contribution in [0.1, 0.15) is 17.3 Å². The van der Waals surface area contributed by atoms with Crippen molar-refractivity contribution in [2.75, 3.05) is 24.9 Å². The molecule has 1 unspecified atom stereocenters. The van der Waals surface area contributed by atoms with E-state index < -0.39 is 0 Å². The second-order valence-corrected chi connectivity index (χ2v) is 4.67. The van der Waals surface area contributed by atoms with Crippen molar-refractivity contribution in [3.63, 3.8) is 0 Å². The number of ether oxygens (including phenoxy) is 1. The van der Waals surface area contributed by atoms with Crippen LogP contribution in [0, 0.1) is 0 Å². The summed E-state index contributed by atoms with van der Waals surface area (Å²) in [6.45, 7) is 1.97. The van der Waals surface area contributed by atoms with E-state index in [-0.39, 0.29) is 11.9 Å². The van der Waals surface area contributed by atoms with Crippen molar-refractivity contribution in [2.24, 2.45) is 0 Å². The van der Waals surface area contributed by atoms with Crippen LogP contribution in [0.25, 0.3) is 0 Å². The van der Waals surface area contributed by atoms with Gasteiger partial charge >= 0.3 is 0 Å². The van der Waals surface area contributed by atoms with E-state index in [9.17, 15) is 4.79 Å². The van der Waals surface area contributed by atoms with Crippen LogP contribution in [0.5, 0.6) is 5.75 Å². The number of amides is 1. The zero-order valence-corrected chi connectivity index (χ0v) is 11.1. The maximum Gasteiger partial charge on any atom is 0.255 e.